The van der Waals surface area contributed by atoms with E-state index in [9.17, 15) is 19.7 Å². The second kappa shape index (κ2) is 6.08. The minimum atomic E-state index is -0.505. The van der Waals surface area contributed by atoms with Crippen molar-refractivity contribution in [1.82, 2.24) is 4.90 Å². The van der Waals surface area contributed by atoms with Crippen molar-refractivity contribution in [2.24, 2.45) is 5.92 Å². The van der Waals surface area contributed by atoms with E-state index in [4.69, 9.17) is 0 Å². The molecular weight excluding hydrogens is 298 g/mol. The minimum Gasteiger partial charge on any atom is -0.292 e. The summed E-state index contributed by atoms with van der Waals surface area (Å²) < 4.78 is 0. The summed E-state index contributed by atoms with van der Waals surface area (Å²) in [5, 5.41) is 10.7. The number of amides is 2. The molecule has 2 amide bonds. The zero-order valence-corrected chi connectivity index (χ0v) is 13.0. The van der Waals surface area contributed by atoms with Crippen molar-refractivity contribution >= 4 is 23.2 Å². The first kappa shape index (κ1) is 15.6. The van der Waals surface area contributed by atoms with Gasteiger partial charge in [-0.2, -0.15) is 0 Å². The highest BCUT2D eigenvalue weighted by Crippen LogP contribution is 2.29. The summed E-state index contributed by atoms with van der Waals surface area (Å²) in [6, 6.07) is 5.13. The molecule has 2 aliphatic heterocycles. The lowest BCUT2D eigenvalue weighted by molar-refractivity contribution is -0.384. The first-order valence-electron chi connectivity index (χ1n) is 7.82. The van der Waals surface area contributed by atoms with Gasteiger partial charge in [0.2, 0.25) is 5.91 Å². The molecule has 122 valence electrons. The average Bonchev–Trinajstić information content (AvgIpc) is 2.83. The maximum absolute atomic E-state index is 12.6. The molecule has 0 radical (unpaired) electrons. The van der Waals surface area contributed by atoms with Crippen LogP contribution in [0.4, 0.5) is 11.4 Å². The normalized spacial score (nSPS) is 23.5. The number of piperidine rings is 1. The van der Waals surface area contributed by atoms with Gasteiger partial charge in [-0.15, -0.1) is 0 Å². The molecule has 23 heavy (non-hydrogen) atoms. The third-order valence-corrected chi connectivity index (χ3v) is 4.70. The van der Waals surface area contributed by atoms with Crippen LogP contribution in [-0.2, 0) is 9.59 Å². The number of non-ortho nitro benzene ring substituents is 1. The van der Waals surface area contributed by atoms with Gasteiger partial charge in [-0.25, -0.2) is 4.90 Å². The molecule has 0 unspecified atom stereocenters. The molecule has 2 aliphatic rings. The van der Waals surface area contributed by atoms with Gasteiger partial charge < -0.3 is 0 Å². The number of anilines is 1. The number of nitrogens with zero attached hydrogens (tertiary/aromatic N) is 3. The summed E-state index contributed by atoms with van der Waals surface area (Å²) in [5.41, 5.74) is 0.341. The molecule has 1 aromatic rings. The highest BCUT2D eigenvalue weighted by Gasteiger charge is 2.43. The van der Waals surface area contributed by atoms with Crippen LogP contribution in [0.25, 0.3) is 0 Å². The summed E-state index contributed by atoms with van der Waals surface area (Å²) in [6.45, 7) is 3.86. The first-order chi connectivity index (χ1) is 11.0. The fraction of sp³-hybridized carbons (Fsp3) is 0.500. The quantitative estimate of drug-likeness (QED) is 0.483. The van der Waals surface area contributed by atoms with Crippen molar-refractivity contribution in [3.8, 4) is 0 Å². The van der Waals surface area contributed by atoms with Crippen LogP contribution < -0.4 is 4.90 Å². The zero-order chi connectivity index (χ0) is 16.6. The Morgan fingerprint density at radius 1 is 1.13 bits per heavy atom. The Morgan fingerprint density at radius 3 is 2.30 bits per heavy atom. The lowest BCUT2D eigenvalue weighted by Gasteiger charge is -2.33. The van der Waals surface area contributed by atoms with Gasteiger partial charge in [-0.3, -0.25) is 24.6 Å². The summed E-state index contributed by atoms with van der Waals surface area (Å²) in [7, 11) is 0. The maximum atomic E-state index is 12.6. The molecule has 2 heterocycles. The van der Waals surface area contributed by atoms with Crippen LogP contribution in [0.1, 0.15) is 26.2 Å². The molecule has 1 atom stereocenters. The van der Waals surface area contributed by atoms with Crippen LogP contribution in [0.5, 0.6) is 0 Å². The first-order valence-corrected chi connectivity index (χ1v) is 7.82. The second-order valence-electron chi connectivity index (χ2n) is 6.28. The van der Waals surface area contributed by atoms with E-state index < -0.39 is 11.0 Å². The molecule has 2 fully saturated rings. The van der Waals surface area contributed by atoms with E-state index in [0.29, 0.717) is 11.6 Å². The predicted octanol–water partition coefficient (Wildman–Crippen LogP) is 1.96. The van der Waals surface area contributed by atoms with Gasteiger partial charge in [0, 0.05) is 12.1 Å². The SMILES string of the molecule is CC1CCN([C@H]2CC(=O)N(c3ccc([N+](=O)[O-])cc3)C2=O)CC1. The molecular formula is C16H19N3O4. The Balaban J connectivity index is 1.77. The zero-order valence-electron chi connectivity index (χ0n) is 13.0. The van der Waals surface area contributed by atoms with Gasteiger partial charge in [0.25, 0.3) is 11.6 Å². The average molecular weight is 317 g/mol. The smallest absolute Gasteiger partial charge is 0.269 e. The topological polar surface area (TPSA) is 83.8 Å². The van der Waals surface area contributed by atoms with Crippen LogP contribution in [0, 0.1) is 16.0 Å². The van der Waals surface area contributed by atoms with Crippen molar-refractivity contribution in [1.29, 1.82) is 0 Å². The van der Waals surface area contributed by atoms with Crippen molar-refractivity contribution < 1.29 is 14.5 Å². The third-order valence-electron chi connectivity index (χ3n) is 4.70. The highest BCUT2D eigenvalue weighted by molar-refractivity contribution is 6.22. The molecule has 0 bridgehead atoms. The number of likely N-dealkylation sites (tertiary alicyclic amines) is 1. The third kappa shape index (κ3) is 2.96. The van der Waals surface area contributed by atoms with E-state index >= 15 is 0 Å². The standard InChI is InChI=1S/C16H19N3O4/c1-11-6-8-17(9-7-11)14-10-15(20)18(16(14)21)12-2-4-13(5-3-12)19(22)23/h2-5,11,14H,6-10H2,1H3/t14-/m0/s1. The fourth-order valence-electron chi connectivity index (χ4n) is 3.24. The number of nitro benzene ring substituents is 1. The van der Waals surface area contributed by atoms with E-state index in [1.165, 1.54) is 24.3 Å². The molecule has 3 rings (SSSR count). The highest BCUT2D eigenvalue weighted by atomic mass is 16.6. The molecule has 2 saturated heterocycles. The lowest BCUT2D eigenvalue weighted by atomic mass is 9.97. The molecule has 0 N–H and O–H groups in total. The van der Waals surface area contributed by atoms with E-state index in [1.54, 1.807) is 0 Å². The molecule has 0 saturated carbocycles. The molecule has 7 heteroatoms. The molecule has 0 aromatic heterocycles. The Labute approximate surface area is 134 Å². The van der Waals surface area contributed by atoms with E-state index in [2.05, 4.69) is 11.8 Å². The Morgan fingerprint density at radius 2 is 1.74 bits per heavy atom. The molecule has 0 spiro atoms. The van der Waals surface area contributed by atoms with E-state index in [0.717, 1.165) is 30.8 Å². The van der Waals surface area contributed by atoms with Crippen molar-refractivity contribution in [3.05, 3.63) is 34.4 Å². The molecule has 1 aromatic carbocycles. The second-order valence-corrected chi connectivity index (χ2v) is 6.28. The summed E-state index contributed by atoms with van der Waals surface area (Å²) in [4.78, 5) is 38.4. The predicted molar refractivity (Wildman–Crippen MR) is 84.0 cm³/mol. The van der Waals surface area contributed by atoms with Gasteiger partial charge in [0.05, 0.1) is 23.1 Å². The number of carbonyl (C=O) groups is 2. The number of imide groups is 1. The lowest BCUT2D eigenvalue weighted by Crippen LogP contribution is -2.45. The van der Waals surface area contributed by atoms with Gasteiger partial charge in [0.1, 0.15) is 0 Å². The Kier molecular flexibility index (Phi) is 4.12. The number of nitro groups is 1. The summed E-state index contributed by atoms with van der Waals surface area (Å²) >= 11 is 0. The largest absolute Gasteiger partial charge is 0.292 e. The molecule has 7 nitrogen and oxygen atoms in total. The van der Waals surface area contributed by atoms with E-state index in [1.807, 2.05) is 0 Å². The summed E-state index contributed by atoms with van der Waals surface area (Å²) in [6.07, 6.45) is 2.26. The molecule has 0 aliphatic carbocycles. The van der Waals surface area contributed by atoms with E-state index in [-0.39, 0.29) is 23.9 Å². The number of hydrogen-bond acceptors (Lipinski definition) is 5. The van der Waals surface area contributed by atoms with Crippen LogP contribution in [0.2, 0.25) is 0 Å². The van der Waals surface area contributed by atoms with Crippen molar-refractivity contribution in [2.45, 2.75) is 32.2 Å². The maximum Gasteiger partial charge on any atom is 0.269 e. The van der Waals surface area contributed by atoms with Crippen LogP contribution in [0.3, 0.4) is 0 Å². The van der Waals surface area contributed by atoms with Crippen LogP contribution >= 0.6 is 0 Å². The van der Waals surface area contributed by atoms with Crippen molar-refractivity contribution in [2.75, 3.05) is 18.0 Å². The number of rotatable bonds is 3. The van der Waals surface area contributed by atoms with Gasteiger partial charge in [-0.1, -0.05) is 6.92 Å². The van der Waals surface area contributed by atoms with Gasteiger partial charge in [-0.05, 0) is 44.0 Å². The monoisotopic (exact) mass is 317 g/mol. The van der Waals surface area contributed by atoms with Crippen LogP contribution in [-0.4, -0.2) is 40.8 Å². The van der Waals surface area contributed by atoms with Gasteiger partial charge >= 0.3 is 0 Å². The summed E-state index contributed by atoms with van der Waals surface area (Å²) in [5.74, 6) is 0.190. The Bertz CT molecular complexity index is 635. The number of hydrogen-bond donors (Lipinski definition) is 0. The Hall–Kier alpha value is -2.28. The number of benzene rings is 1. The van der Waals surface area contributed by atoms with Crippen molar-refractivity contribution in [3.63, 3.8) is 0 Å². The fourth-order valence-corrected chi connectivity index (χ4v) is 3.24. The van der Waals surface area contributed by atoms with Gasteiger partial charge in [0.15, 0.2) is 0 Å². The van der Waals surface area contributed by atoms with Crippen LogP contribution in [0.15, 0.2) is 24.3 Å². The minimum absolute atomic E-state index is 0.0607. The number of carbonyl (C=O) groups excluding carboxylic acids is 2.